The first kappa shape index (κ1) is 14.9. The fraction of sp³-hybridized carbons (Fsp3) is 0.625. The summed E-state index contributed by atoms with van der Waals surface area (Å²) >= 11 is 2.00. The molecule has 21 heavy (non-hydrogen) atoms. The largest absolute Gasteiger partial charge is 0.497 e. The van der Waals surface area contributed by atoms with Crippen LogP contribution in [0.25, 0.3) is 0 Å². The van der Waals surface area contributed by atoms with Crippen molar-refractivity contribution in [2.24, 2.45) is 0 Å². The molecule has 2 fully saturated rings. The molecule has 4 nitrogen and oxygen atoms in total. The van der Waals surface area contributed by atoms with Crippen LogP contribution < -0.4 is 14.8 Å². The first-order chi connectivity index (χ1) is 10.2. The van der Waals surface area contributed by atoms with Crippen LogP contribution in [-0.2, 0) is 4.74 Å². The summed E-state index contributed by atoms with van der Waals surface area (Å²) in [5.74, 6) is 4.05. The Hall–Kier alpha value is -1.07. The number of hydrogen-bond donors (Lipinski definition) is 1. The summed E-state index contributed by atoms with van der Waals surface area (Å²) in [6.45, 7) is 0.838. The second-order valence-electron chi connectivity index (χ2n) is 5.73. The molecule has 0 aromatic heterocycles. The maximum atomic E-state index is 6.08. The Labute approximate surface area is 130 Å². The zero-order valence-corrected chi connectivity index (χ0v) is 13.5. The molecule has 2 aliphatic heterocycles. The van der Waals surface area contributed by atoms with E-state index in [1.165, 1.54) is 12.2 Å². The minimum absolute atomic E-state index is 0.0900. The van der Waals surface area contributed by atoms with Gasteiger partial charge in [0.1, 0.15) is 11.5 Å². The van der Waals surface area contributed by atoms with Crippen molar-refractivity contribution in [1.29, 1.82) is 0 Å². The van der Waals surface area contributed by atoms with Gasteiger partial charge in [-0.25, -0.2) is 0 Å². The first-order valence-electron chi connectivity index (χ1n) is 7.45. The number of ether oxygens (including phenoxy) is 3. The Morgan fingerprint density at radius 2 is 2.24 bits per heavy atom. The smallest absolute Gasteiger partial charge is 0.142 e. The lowest BCUT2D eigenvalue weighted by atomic mass is 9.89. The molecule has 2 aliphatic rings. The van der Waals surface area contributed by atoms with Gasteiger partial charge in [0.15, 0.2) is 0 Å². The predicted molar refractivity (Wildman–Crippen MR) is 86.8 cm³/mol. The van der Waals surface area contributed by atoms with Crippen LogP contribution in [0.3, 0.4) is 0 Å². The summed E-state index contributed by atoms with van der Waals surface area (Å²) in [5, 5.41) is 3.63. The van der Waals surface area contributed by atoms with Gasteiger partial charge in [0.25, 0.3) is 0 Å². The third-order valence-corrected chi connectivity index (χ3v) is 5.55. The van der Waals surface area contributed by atoms with E-state index in [1.807, 2.05) is 30.0 Å². The predicted octanol–water partition coefficient (Wildman–Crippen LogP) is 3.17. The fourth-order valence-corrected chi connectivity index (χ4v) is 4.54. The van der Waals surface area contributed by atoms with Crippen LogP contribution in [0.15, 0.2) is 18.2 Å². The normalized spacial score (nSPS) is 28.6. The number of methoxy groups -OCH3 is 2. The lowest BCUT2D eigenvalue weighted by Crippen LogP contribution is -2.44. The van der Waals surface area contributed by atoms with Crippen molar-refractivity contribution in [3.63, 3.8) is 0 Å². The van der Waals surface area contributed by atoms with Crippen LogP contribution in [0.2, 0.25) is 0 Å². The Morgan fingerprint density at radius 3 is 2.95 bits per heavy atom. The highest BCUT2D eigenvalue weighted by Crippen LogP contribution is 2.40. The van der Waals surface area contributed by atoms with Gasteiger partial charge in [-0.1, -0.05) is 0 Å². The van der Waals surface area contributed by atoms with Crippen LogP contribution >= 0.6 is 11.8 Å². The average Bonchev–Trinajstić information content (AvgIpc) is 2.95. The molecule has 0 radical (unpaired) electrons. The second-order valence-corrected chi connectivity index (χ2v) is 6.84. The molecular formula is C16H23NO3S. The molecule has 2 atom stereocenters. The number of anilines is 1. The Morgan fingerprint density at radius 1 is 1.33 bits per heavy atom. The number of rotatable bonds is 4. The third kappa shape index (κ3) is 3.24. The van der Waals surface area contributed by atoms with E-state index in [4.69, 9.17) is 14.2 Å². The number of thioether (sulfide) groups is 1. The van der Waals surface area contributed by atoms with Gasteiger partial charge in [0.05, 0.1) is 25.5 Å². The SMILES string of the molecule is COc1ccc(OC)c(NC2CCOC3(CCSC3)C2)c1. The third-order valence-electron chi connectivity index (χ3n) is 4.33. The van der Waals surface area contributed by atoms with Crippen molar-refractivity contribution < 1.29 is 14.2 Å². The number of nitrogens with one attached hydrogen (secondary N) is 1. The van der Waals surface area contributed by atoms with Crippen molar-refractivity contribution in [2.75, 3.05) is 37.6 Å². The summed E-state index contributed by atoms with van der Waals surface area (Å²) in [6, 6.07) is 6.30. The molecule has 3 rings (SSSR count). The molecule has 0 aliphatic carbocycles. The van der Waals surface area contributed by atoms with E-state index in [0.717, 1.165) is 42.4 Å². The second kappa shape index (κ2) is 6.36. The quantitative estimate of drug-likeness (QED) is 0.925. The van der Waals surface area contributed by atoms with E-state index < -0.39 is 0 Å². The molecule has 116 valence electrons. The average molecular weight is 309 g/mol. The van der Waals surface area contributed by atoms with Gasteiger partial charge in [-0.05, 0) is 37.1 Å². The summed E-state index contributed by atoms with van der Waals surface area (Å²) in [6.07, 6.45) is 3.28. The van der Waals surface area contributed by atoms with E-state index in [1.54, 1.807) is 14.2 Å². The minimum atomic E-state index is 0.0900. The lowest BCUT2D eigenvalue weighted by Gasteiger charge is -2.38. The Kier molecular flexibility index (Phi) is 4.50. The maximum Gasteiger partial charge on any atom is 0.142 e. The molecule has 2 saturated heterocycles. The zero-order chi connectivity index (χ0) is 14.7. The van der Waals surface area contributed by atoms with E-state index in [-0.39, 0.29) is 5.60 Å². The van der Waals surface area contributed by atoms with Gasteiger partial charge in [-0.2, -0.15) is 11.8 Å². The topological polar surface area (TPSA) is 39.7 Å². The zero-order valence-electron chi connectivity index (χ0n) is 12.7. The van der Waals surface area contributed by atoms with Crippen molar-refractivity contribution in [3.05, 3.63) is 18.2 Å². The fourth-order valence-electron chi connectivity index (χ4n) is 3.16. The van der Waals surface area contributed by atoms with Gasteiger partial charge >= 0.3 is 0 Å². The van der Waals surface area contributed by atoms with Gasteiger partial charge in [-0.3, -0.25) is 0 Å². The molecule has 1 aromatic carbocycles. The molecular weight excluding hydrogens is 286 g/mol. The summed E-state index contributed by atoms with van der Waals surface area (Å²) in [7, 11) is 3.39. The molecule has 1 N–H and O–H groups in total. The Bertz CT molecular complexity index is 488. The first-order valence-corrected chi connectivity index (χ1v) is 8.60. The molecule has 0 amide bonds. The van der Waals surface area contributed by atoms with Gasteiger partial charge in [0.2, 0.25) is 0 Å². The number of hydrogen-bond acceptors (Lipinski definition) is 5. The number of benzene rings is 1. The van der Waals surface area contributed by atoms with Gasteiger partial charge in [-0.15, -0.1) is 0 Å². The standard InChI is InChI=1S/C16H23NO3S/c1-18-13-3-4-15(19-2)14(9-13)17-12-5-7-20-16(10-12)6-8-21-11-16/h3-4,9,12,17H,5-8,10-11H2,1-2H3. The molecule has 5 heteroatoms. The summed E-state index contributed by atoms with van der Waals surface area (Å²) < 4.78 is 16.8. The van der Waals surface area contributed by atoms with Crippen molar-refractivity contribution in [2.45, 2.75) is 30.9 Å². The molecule has 2 unspecified atom stereocenters. The Balaban J connectivity index is 1.73. The van der Waals surface area contributed by atoms with Crippen LogP contribution in [0.5, 0.6) is 11.5 Å². The van der Waals surface area contributed by atoms with E-state index in [0.29, 0.717) is 6.04 Å². The molecule has 1 spiro atoms. The highest BCUT2D eigenvalue weighted by atomic mass is 32.2. The molecule has 2 heterocycles. The summed E-state index contributed by atoms with van der Waals surface area (Å²) in [4.78, 5) is 0. The van der Waals surface area contributed by atoms with Crippen molar-refractivity contribution >= 4 is 17.4 Å². The maximum absolute atomic E-state index is 6.08. The van der Waals surface area contributed by atoms with Crippen LogP contribution in [0, 0.1) is 0 Å². The van der Waals surface area contributed by atoms with Crippen molar-refractivity contribution in [1.82, 2.24) is 0 Å². The van der Waals surface area contributed by atoms with Crippen LogP contribution in [0.4, 0.5) is 5.69 Å². The highest BCUT2D eigenvalue weighted by Gasteiger charge is 2.40. The van der Waals surface area contributed by atoms with E-state index in [9.17, 15) is 0 Å². The molecule has 0 saturated carbocycles. The monoisotopic (exact) mass is 309 g/mol. The molecule has 0 bridgehead atoms. The lowest BCUT2D eigenvalue weighted by molar-refractivity contribution is -0.0628. The van der Waals surface area contributed by atoms with Gasteiger partial charge < -0.3 is 19.5 Å². The van der Waals surface area contributed by atoms with Gasteiger partial charge in [0, 0.05) is 24.5 Å². The molecule has 1 aromatic rings. The van der Waals surface area contributed by atoms with Crippen LogP contribution in [-0.4, -0.2) is 44.0 Å². The van der Waals surface area contributed by atoms with Crippen LogP contribution in [0.1, 0.15) is 19.3 Å². The summed E-state index contributed by atoms with van der Waals surface area (Å²) in [5.41, 5.74) is 1.09. The van der Waals surface area contributed by atoms with Crippen molar-refractivity contribution in [3.8, 4) is 11.5 Å². The highest BCUT2D eigenvalue weighted by molar-refractivity contribution is 7.99. The van der Waals surface area contributed by atoms with E-state index >= 15 is 0 Å². The minimum Gasteiger partial charge on any atom is -0.497 e. The van der Waals surface area contributed by atoms with E-state index in [2.05, 4.69) is 5.32 Å².